The Morgan fingerprint density at radius 3 is 2.90 bits per heavy atom. The molecule has 0 aliphatic carbocycles. The Morgan fingerprint density at radius 1 is 1.48 bits per heavy atom. The molecule has 1 saturated heterocycles. The van der Waals surface area contributed by atoms with Gasteiger partial charge >= 0.3 is 6.09 Å². The topological polar surface area (TPSA) is 54.5 Å². The smallest absolute Gasteiger partial charge is 0.410 e. The molecule has 1 atom stereocenters. The minimum atomic E-state index is -0.466. The van der Waals surface area contributed by atoms with E-state index in [2.05, 4.69) is 10.3 Å². The molecule has 5 nitrogen and oxygen atoms in total. The number of rotatable bonds is 2. The van der Waals surface area contributed by atoms with Crippen LogP contribution in [0.3, 0.4) is 0 Å². The zero-order valence-corrected chi connectivity index (χ0v) is 13.5. The molecule has 1 fully saturated rings. The molecule has 1 aromatic rings. The number of ether oxygens (including phenoxy) is 1. The highest BCUT2D eigenvalue weighted by atomic mass is 35.5. The van der Waals surface area contributed by atoms with Crippen LogP contribution in [0.5, 0.6) is 0 Å². The Labute approximate surface area is 130 Å². The molecule has 1 aliphatic heterocycles. The number of piperidine rings is 1. The van der Waals surface area contributed by atoms with Crippen LogP contribution in [0.25, 0.3) is 0 Å². The number of amides is 1. The number of carbonyl (C=O) groups is 1. The predicted molar refractivity (Wildman–Crippen MR) is 83.7 cm³/mol. The van der Waals surface area contributed by atoms with E-state index in [0.29, 0.717) is 11.7 Å². The minimum Gasteiger partial charge on any atom is -0.444 e. The van der Waals surface area contributed by atoms with Crippen molar-refractivity contribution in [1.29, 1.82) is 0 Å². The summed E-state index contributed by atoms with van der Waals surface area (Å²) in [5.41, 5.74) is -0.466. The third-order valence-corrected chi connectivity index (χ3v) is 3.35. The highest BCUT2D eigenvalue weighted by Crippen LogP contribution is 2.18. The molecule has 2 heterocycles. The van der Waals surface area contributed by atoms with Gasteiger partial charge in [-0.15, -0.1) is 0 Å². The van der Waals surface area contributed by atoms with Crippen molar-refractivity contribution in [2.24, 2.45) is 0 Å². The Morgan fingerprint density at radius 2 is 2.24 bits per heavy atom. The van der Waals surface area contributed by atoms with Crippen LogP contribution in [-0.2, 0) is 4.74 Å². The maximum atomic E-state index is 12.1. The number of halogens is 1. The van der Waals surface area contributed by atoms with Crippen molar-refractivity contribution in [2.45, 2.75) is 45.3 Å². The fourth-order valence-corrected chi connectivity index (χ4v) is 2.45. The number of likely N-dealkylation sites (tertiary alicyclic amines) is 1. The van der Waals surface area contributed by atoms with E-state index in [1.807, 2.05) is 32.9 Å². The van der Waals surface area contributed by atoms with Crippen molar-refractivity contribution in [2.75, 3.05) is 18.4 Å². The molecule has 0 radical (unpaired) electrons. The maximum Gasteiger partial charge on any atom is 0.410 e. The molecule has 116 valence electrons. The predicted octanol–water partition coefficient (Wildman–Crippen LogP) is 3.55. The van der Waals surface area contributed by atoms with E-state index in [0.717, 1.165) is 25.2 Å². The van der Waals surface area contributed by atoms with Gasteiger partial charge in [0.15, 0.2) is 0 Å². The fraction of sp³-hybridized carbons (Fsp3) is 0.600. The molecule has 0 saturated carbocycles. The number of nitrogens with one attached hydrogen (secondary N) is 1. The van der Waals surface area contributed by atoms with E-state index in [9.17, 15) is 4.79 Å². The summed E-state index contributed by atoms with van der Waals surface area (Å²) in [6, 6.07) is 5.63. The Kier molecular flexibility index (Phi) is 4.93. The molecule has 6 heteroatoms. The van der Waals surface area contributed by atoms with Gasteiger partial charge in [-0.05, 0) is 45.7 Å². The van der Waals surface area contributed by atoms with Crippen LogP contribution in [0.1, 0.15) is 33.6 Å². The second-order valence-corrected chi connectivity index (χ2v) is 6.64. The third-order valence-electron chi connectivity index (χ3n) is 3.14. The summed E-state index contributed by atoms with van der Waals surface area (Å²) in [6.07, 6.45) is 1.68. The van der Waals surface area contributed by atoms with Gasteiger partial charge in [0.1, 0.15) is 16.6 Å². The summed E-state index contributed by atoms with van der Waals surface area (Å²) in [7, 11) is 0. The van der Waals surface area contributed by atoms with Gasteiger partial charge in [-0.25, -0.2) is 9.78 Å². The molecular weight excluding hydrogens is 290 g/mol. The highest BCUT2D eigenvalue weighted by Gasteiger charge is 2.27. The van der Waals surface area contributed by atoms with Crippen molar-refractivity contribution >= 4 is 23.5 Å². The van der Waals surface area contributed by atoms with Crippen LogP contribution >= 0.6 is 11.6 Å². The second-order valence-electron chi connectivity index (χ2n) is 6.26. The van der Waals surface area contributed by atoms with Crippen molar-refractivity contribution in [3.8, 4) is 0 Å². The summed E-state index contributed by atoms with van der Waals surface area (Å²) < 4.78 is 5.42. The number of anilines is 1. The number of aromatic nitrogens is 1. The highest BCUT2D eigenvalue weighted by molar-refractivity contribution is 6.29. The molecule has 0 spiro atoms. The van der Waals surface area contributed by atoms with Gasteiger partial charge in [0, 0.05) is 19.1 Å². The standard InChI is InChI=1S/C15H22ClN3O2/c1-15(2,3)21-14(20)19-9-5-6-11(10-19)17-13-8-4-7-12(16)18-13/h4,7-8,11H,5-6,9-10H2,1-3H3,(H,17,18). The lowest BCUT2D eigenvalue weighted by Gasteiger charge is -2.34. The van der Waals surface area contributed by atoms with E-state index in [4.69, 9.17) is 16.3 Å². The van der Waals surface area contributed by atoms with Gasteiger partial charge < -0.3 is 15.0 Å². The van der Waals surface area contributed by atoms with Crippen LogP contribution in [0, 0.1) is 0 Å². The lowest BCUT2D eigenvalue weighted by molar-refractivity contribution is 0.0206. The second kappa shape index (κ2) is 6.52. The zero-order valence-electron chi connectivity index (χ0n) is 12.7. The first-order valence-electron chi connectivity index (χ1n) is 7.20. The van der Waals surface area contributed by atoms with Crippen LogP contribution in [-0.4, -0.2) is 40.7 Å². The van der Waals surface area contributed by atoms with E-state index in [-0.39, 0.29) is 12.1 Å². The van der Waals surface area contributed by atoms with Gasteiger partial charge in [0.2, 0.25) is 0 Å². The third kappa shape index (κ3) is 5.08. The first-order chi connectivity index (χ1) is 9.83. The first-order valence-corrected chi connectivity index (χ1v) is 7.58. The van der Waals surface area contributed by atoms with E-state index < -0.39 is 5.60 Å². The summed E-state index contributed by atoms with van der Waals surface area (Å²) >= 11 is 5.88. The van der Waals surface area contributed by atoms with E-state index in [1.165, 1.54) is 0 Å². The van der Waals surface area contributed by atoms with Gasteiger partial charge in [-0.1, -0.05) is 17.7 Å². The monoisotopic (exact) mass is 311 g/mol. The zero-order chi connectivity index (χ0) is 15.5. The number of carbonyl (C=O) groups excluding carboxylic acids is 1. The van der Waals surface area contributed by atoms with Crippen molar-refractivity contribution < 1.29 is 9.53 Å². The summed E-state index contributed by atoms with van der Waals surface area (Å²) in [5.74, 6) is 0.735. The Bertz CT molecular complexity index is 502. The van der Waals surface area contributed by atoms with Gasteiger partial charge in [0.05, 0.1) is 0 Å². The average molecular weight is 312 g/mol. The average Bonchev–Trinajstić information content (AvgIpc) is 2.37. The Hall–Kier alpha value is -1.49. The Balaban J connectivity index is 1.93. The normalized spacial score (nSPS) is 19.2. The summed E-state index contributed by atoms with van der Waals surface area (Å²) in [5, 5.41) is 3.78. The molecule has 1 aliphatic rings. The molecule has 1 amide bonds. The van der Waals surface area contributed by atoms with Crippen LogP contribution in [0.15, 0.2) is 18.2 Å². The lowest BCUT2D eigenvalue weighted by Crippen LogP contribution is -2.47. The number of pyridine rings is 1. The number of nitrogens with zero attached hydrogens (tertiary/aromatic N) is 2. The van der Waals surface area contributed by atoms with Crippen LogP contribution < -0.4 is 5.32 Å². The first kappa shape index (κ1) is 15.9. The van der Waals surface area contributed by atoms with Gasteiger partial charge in [0.25, 0.3) is 0 Å². The van der Waals surface area contributed by atoms with Crippen molar-refractivity contribution in [3.05, 3.63) is 23.4 Å². The van der Waals surface area contributed by atoms with Gasteiger partial charge in [-0.3, -0.25) is 0 Å². The van der Waals surface area contributed by atoms with E-state index >= 15 is 0 Å². The van der Waals surface area contributed by atoms with Crippen molar-refractivity contribution in [1.82, 2.24) is 9.88 Å². The number of hydrogen-bond acceptors (Lipinski definition) is 4. The maximum absolute atomic E-state index is 12.1. The largest absolute Gasteiger partial charge is 0.444 e. The lowest BCUT2D eigenvalue weighted by atomic mass is 10.1. The molecule has 0 aromatic carbocycles. The molecule has 0 bridgehead atoms. The number of hydrogen-bond donors (Lipinski definition) is 1. The van der Waals surface area contributed by atoms with Crippen molar-refractivity contribution in [3.63, 3.8) is 0 Å². The molecular formula is C15H22ClN3O2. The van der Waals surface area contributed by atoms with Crippen LogP contribution in [0.2, 0.25) is 5.15 Å². The molecule has 1 aromatic heterocycles. The van der Waals surface area contributed by atoms with Gasteiger partial charge in [-0.2, -0.15) is 0 Å². The fourth-order valence-electron chi connectivity index (χ4n) is 2.29. The molecule has 2 rings (SSSR count). The SMILES string of the molecule is CC(C)(C)OC(=O)N1CCCC(Nc2cccc(Cl)n2)C1. The summed E-state index contributed by atoms with van der Waals surface area (Å²) in [6.45, 7) is 6.97. The molecule has 1 N–H and O–H groups in total. The quantitative estimate of drug-likeness (QED) is 0.849. The molecule has 21 heavy (non-hydrogen) atoms. The summed E-state index contributed by atoms with van der Waals surface area (Å²) in [4.78, 5) is 18.1. The van der Waals surface area contributed by atoms with Crippen LogP contribution in [0.4, 0.5) is 10.6 Å². The minimum absolute atomic E-state index is 0.164. The van der Waals surface area contributed by atoms with E-state index in [1.54, 1.807) is 11.0 Å². The molecule has 1 unspecified atom stereocenters.